The van der Waals surface area contributed by atoms with Crippen LogP contribution in [0, 0.1) is 5.82 Å². The molecular weight excluding hydrogens is 629 g/mol. The third-order valence-corrected chi connectivity index (χ3v) is 9.58. The molecule has 2 aromatic carbocycles. The Bertz CT molecular complexity index is 1490. The lowest BCUT2D eigenvalue weighted by Gasteiger charge is -2.52. The Kier molecular flexibility index (Phi) is 11.0. The van der Waals surface area contributed by atoms with Gasteiger partial charge in [0, 0.05) is 32.1 Å². The molecule has 12 heteroatoms. The van der Waals surface area contributed by atoms with Crippen LogP contribution >= 0.6 is 0 Å². The molecular formula is C37H50FN5O6. The standard InChI is InChI=1S/C37H50FN5O6/c1-35(2,3)49-34(47)40-36(4,5)33(46)39-29(24-48-23-27-11-7-6-8-12-27)32(45)42-19-20-43-31(44)21-30(41-17-9-10-18-41)37(43,25-42)22-26-13-15-28(38)16-14-26/h6-8,11-16,29-30H,9-10,17-25H2,1-5H3,(H,39,46)(H,40,47)/t29-,30?,37+/m1/s1. The quantitative estimate of drug-likeness (QED) is 0.372. The smallest absolute Gasteiger partial charge is 0.408 e. The van der Waals surface area contributed by atoms with Crippen molar-refractivity contribution in [2.75, 3.05) is 39.3 Å². The molecule has 266 valence electrons. The molecule has 3 saturated heterocycles. The van der Waals surface area contributed by atoms with Gasteiger partial charge in [-0.25, -0.2) is 9.18 Å². The normalized spacial score (nSPS) is 22.1. The second-order valence-electron chi connectivity index (χ2n) is 15.0. The third kappa shape index (κ3) is 8.77. The number of likely N-dealkylation sites (tertiary alicyclic amines) is 1. The van der Waals surface area contributed by atoms with Crippen molar-refractivity contribution in [3.05, 3.63) is 71.5 Å². The van der Waals surface area contributed by atoms with E-state index in [-0.39, 0.29) is 50.0 Å². The van der Waals surface area contributed by atoms with Gasteiger partial charge in [0.1, 0.15) is 23.0 Å². The highest BCUT2D eigenvalue weighted by Crippen LogP contribution is 2.41. The predicted octanol–water partition coefficient (Wildman–Crippen LogP) is 3.65. The van der Waals surface area contributed by atoms with E-state index in [1.807, 2.05) is 35.2 Å². The first-order valence-corrected chi connectivity index (χ1v) is 17.2. The van der Waals surface area contributed by atoms with Crippen LogP contribution in [0.1, 0.15) is 65.0 Å². The summed E-state index contributed by atoms with van der Waals surface area (Å²) in [5.74, 6) is -1.20. The van der Waals surface area contributed by atoms with Gasteiger partial charge < -0.3 is 29.9 Å². The van der Waals surface area contributed by atoms with Crippen LogP contribution in [0.15, 0.2) is 54.6 Å². The minimum atomic E-state index is -1.42. The Morgan fingerprint density at radius 3 is 2.27 bits per heavy atom. The molecule has 0 bridgehead atoms. The Balaban J connectivity index is 1.40. The maximum Gasteiger partial charge on any atom is 0.408 e. The highest BCUT2D eigenvalue weighted by atomic mass is 19.1. The molecule has 3 fully saturated rings. The number of fused-ring (bicyclic) bond motifs is 1. The average molecular weight is 680 g/mol. The number of halogens is 1. The topological polar surface area (TPSA) is 121 Å². The van der Waals surface area contributed by atoms with E-state index >= 15 is 0 Å². The van der Waals surface area contributed by atoms with Crippen LogP contribution in [-0.4, -0.2) is 107 Å². The molecule has 3 aliphatic heterocycles. The fourth-order valence-corrected chi connectivity index (χ4v) is 7.22. The molecule has 3 heterocycles. The molecule has 49 heavy (non-hydrogen) atoms. The number of piperazine rings is 1. The number of benzene rings is 2. The summed E-state index contributed by atoms with van der Waals surface area (Å²) < 4.78 is 25.3. The van der Waals surface area contributed by atoms with Crippen molar-refractivity contribution in [2.24, 2.45) is 0 Å². The number of nitrogens with one attached hydrogen (secondary N) is 2. The van der Waals surface area contributed by atoms with E-state index in [1.165, 1.54) is 12.1 Å². The van der Waals surface area contributed by atoms with Crippen molar-refractivity contribution in [2.45, 2.75) is 95.7 Å². The molecule has 11 nitrogen and oxygen atoms in total. The number of carbonyl (C=O) groups excluding carboxylic acids is 4. The Morgan fingerprint density at radius 2 is 1.61 bits per heavy atom. The highest BCUT2D eigenvalue weighted by molar-refractivity contribution is 5.94. The van der Waals surface area contributed by atoms with E-state index in [4.69, 9.17) is 9.47 Å². The van der Waals surface area contributed by atoms with Crippen LogP contribution in [0.2, 0.25) is 0 Å². The third-order valence-electron chi connectivity index (χ3n) is 9.58. The number of alkyl carbamates (subject to hydrolysis) is 1. The van der Waals surface area contributed by atoms with E-state index in [2.05, 4.69) is 15.5 Å². The van der Waals surface area contributed by atoms with Gasteiger partial charge in [0.25, 0.3) is 0 Å². The second-order valence-corrected chi connectivity index (χ2v) is 15.0. The zero-order chi connectivity index (χ0) is 35.4. The van der Waals surface area contributed by atoms with Crippen LogP contribution in [-0.2, 0) is 36.9 Å². The molecule has 0 spiro atoms. The number of hydrogen-bond acceptors (Lipinski definition) is 7. The lowest BCUT2D eigenvalue weighted by atomic mass is 9.81. The molecule has 0 saturated carbocycles. The lowest BCUT2D eigenvalue weighted by Crippen LogP contribution is -2.70. The van der Waals surface area contributed by atoms with Gasteiger partial charge in [0.2, 0.25) is 17.7 Å². The molecule has 0 aromatic heterocycles. The Labute approximate surface area is 288 Å². The van der Waals surface area contributed by atoms with Gasteiger partial charge in [-0.1, -0.05) is 42.5 Å². The number of hydrogen-bond donors (Lipinski definition) is 2. The van der Waals surface area contributed by atoms with Crippen LogP contribution in [0.5, 0.6) is 0 Å². The fraction of sp³-hybridized carbons (Fsp3) is 0.568. The molecule has 4 amide bonds. The highest BCUT2D eigenvalue weighted by Gasteiger charge is 2.58. The van der Waals surface area contributed by atoms with E-state index in [0.717, 1.165) is 37.1 Å². The van der Waals surface area contributed by atoms with Crippen LogP contribution in [0.25, 0.3) is 0 Å². The Morgan fingerprint density at radius 1 is 0.939 bits per heavy atom. The van der Waals surface area contributed by atoms with Crippen LogP contribution in [0.3, 0.4) is 0 Å². The van der Waals surface area contributed by atoms with Gasteiger partial charge in [0.15, 0.2) is 0 Å². The minimum Gasteiger partial charge on any atom is -0.444 e. The number of carbonyl (C=O) groups is 4. The van der Waals surface area contributed by atoms with Gasteiger partial charge in [0.05, 0.1) is 18.8 Å². The maximum atomic E-state index is 14.5. The van der Waals surface area contributed by atoms with Gasteiger partial charge in [-0.3, -0.25) is 19.3 Å². The van der Waals surface area contributed by atoms with Gasteiger partial charge in [-0.15, -0.1) is 0 Å². The summed E-state index contributed by atoms with van der Waals surface area (Å²) in [6.07, 6.45) is 2.14. The van der Waals surface area contributed by atoms with E-state index in [9.17, 15) is 23.6 Å². The minimum absolute atomic E-state index is 0.0529. The number of ether oxygens (including phenoxy) is 2. The molecule has 3 atom stereocenters. The van der Waals surface area contributed by atoms with Crippen LogP contribution < -0.4 is 10.6 Å². The molecule has 2 N–H and O–H groups in total. The van der Waals surface area contributed by atoms with Crippen molar-refractivity contribution < 1.29 is 33.0 Å². The largest absolute Gasteiger partial charge is 0.444 e. The predicted molar refractivity (Wildman–Crippen MR) is 182 cm³/mol. The molecule has 5 rings (SSSR count). The first kappa shape index (κ1) is 36.3. The summed E-state index contributed by atoms with van der Waals surface area (Å²) in [6, 6.07) is 14.7. The van der Waals surface area contributed by atoms with Crippen molar-refractivity contribution in [3.63, 3.8) is 0 Å². The van der Waals surface area contributed by atoms with E-state index < -0.39 is 34.7 Å². The molecule has 1 unspecified atom stereocenters. The zero-order valence-electron chi connectivity index (χ0n) is 29.3. The monoisotopic (exact) mass is 679 g/mol. The average Bonchev–Trinajstić information content (AvgIpc) is 3.66. The molecule has 0 aliphatic carbocycles. The summed E-state index contributed by atoms with van der Waals surface area (Å²) in [5.41, 5.74) is -1.12. The Hall–Kier alpha value is -4.03. The number of nitrogens with zero attached hydrogens (tertiary/aromatic N) is 3. The SMILES string of the molecule is CC(C)(C)OC(=O)NC(C)(C)C(=O)N[C@H](COCc1ccccc1)C(=O)N1CCN2C(=O)CC(N3CCCC3)[C@]2(Cc2ccc(F)cc2)C1. The number of rotatable bonds is 11. The van der Waals surface area contributed by atoms with Crippen LogP contribution in [0.4, 0.5) is 9.18 Å². The lowest BCUT2D eigenvalue weighted by molar-refractivity contribution is -0.148. The zero-order valence-corrected chi connectivity index (χ0v) is 29.3. The second kappa shape index (κ2) is 14.8. The summed E-state index contributed by atoms with van der Waals surface area (Å²) in [5, 5.41) is 5.47. The molecule has 3 aliphatic rings. The summed E-state index contributed by atoms with van der Waals surface area (Å²) in [7, 11) is 0. The van der Waals surface area contributed by atoms with Crippen molar-refractivity contribution >= 4 is 23.8 Å². The fourth-order valence-electron chi connectivity index (χ4n) is 7.22. The summed E-state index contributed by atoms with van der Waals surface area (Å²) in [6.45, 7) is 11.0. The molecule has 2 aromatic rings. The number of amides is 4. The maximum absolute atomic E-state index is 14.5. The van der Waals surface area contributed by atoms with E-state index in [1.54, 1.807) is 51.7 Å². The molecule has 0 radical (unpaired) electrons. The van der Waals surface area contributed by atoms with Gasteiger partial charge in [-0.2, -0.15) is 0 Å². The summed E-state index contributed by atoms with van der Waals surface area (Å²) in [4.78, 5) is 60.3. The summed E-state index contributed by atoms with van der Waals surface area (Å²) >= 11 is 0. The van der Waals surface area contributed by atoms with E-state index in [0.29, 0.717) is 19.4 Å². The van der Waals surface area contributed by atoms with Crippen molar-refractivity contribution in [1.82, 2.24) is 25.3 Å². The first-order valence-electron chi connectivity index (χ1n) is 17.2. The van der Waals surface area contributed by atoms with Crippen molar-refractivity contribution in [3.8, 4) is 0 Å². The van der Waals surface area contributed by atoms with Gasteiger partial charge in [-0.05, 0) is 90.2 Å². The van der Waals surface area contributed by atoms with Crippen molar-refractivity contribution in [1.29, 1.82) is 0 Å². The first-order chi connectivity index (χ1) is 23.2. The van der Waals surface area contributed by atoms with Gasteiger partial charge >= 0.3 is 6.09 Å².